The zero-order valence-electron chi connectivity index (χ0n) is 12.8. The molecule has 0 aliphatic heterocycles. The van der Waals surface area contributed by atoms with Crippen molar-refractivity contribution in [2.75, 3.05) is 6.61 Å². The van der Waals surface area contributed by atoms with Crippen LogP contribution in [0.15, 0.2) is 18.3 Å². The van der Waals surface area contributed by atoms with Crippen LogP contribution in [0.3, 0.4) is 0 Å². The first-order valence-electron chi connectivity index (χ1n) is 7.01. The van der Waals surface area contributed by atoms with Gasteiger partial charge in [-0.25, -0.2) is 0 Å². The second-order valence-corrected chi connectivity index (χ2v) is 5.03. The number of carbonyl (C=O) groups is 2. The zero-order valence-corrected chi connectivity index (χ0v) is 12.8. The van der Waals surface area contributed by atoms with Crippen molar-refractivity contribution in [3.8, 4) is 0 Å². The van der Waals surface area contributed by atoms with E-state index in [0.29, 0.717) is 13.2 Å². The van der Waals surface area contributed by atoms with Crippen molar-refractivity contribution >= 4 is 11.9 Å². The third-order valence-electron chi connectivity index (χ3n) is 3.18. The smallest absolute Gasteiger partial charge is 0.306 e. The van der Waals surface area contributed by atoms with Crippen molar-refractivity contribution in [1.82, 2.24) is 9.47 Å². The molecule has 0 fully saturated rings. The van der Waals surface area contributed by atoms with Gasteiger partial charge in [-0.2, -0.15) is 0 Å². The first-order valence-corrected chi connectivity index (χ1v) is 7.01. The Balaban J connectivity index is 2.60. The van der Waals surface area contributed by atoms with E-state index in [1.807, 2.05) is 43.8 Å². The molecule has 0 saturated heterocycles. The Bertz CT molecular complexity index is 452. The number of ether oxygens (including phenoxy) is 1. The summed E-state index contributed by atoms with van der Waals surface area (Å²) in [6.07, 6.45) is 2.29. The number of aromatic nitrogens is 1. The van der Waals surface area contributed by atoms with E-state index in [2.05, 4.69) is 0 Å². The predicted octanol–water partition coefficient (Wildman–Crippen LogP) is 2.11. The van der Waals surface area contributed by atoms with Gasteiger partial charge < -0.3 is 14.2 Å². The minimum Gasteiger partial charge on any atom is -0.466 e. The molecule has 0 radical (unpaired) electrons. The van der Waals surface area contributed by atoms with Crippen LogP contribution in [0.1, 0.15) is 39.3 Å². The van der Waals surface area contributed by atoms with Crippen molar-refractivity contribution in [2.24, 2.45) is 7.05 Å². The molecule has 0 aliphatic rings. The monoisotopic (exact) mass is 280 g/mol. The van der Waals surface area contributed by atoms with Crippen molar-refractivity contribution in [1.29, 1.82) is 0 Å². The average Bonchev–Trinajstić information content (AvgIpc) is 2.78. The van der Waals surface area contributed by atoms with Crippen LogP contribution in [0, 0.1) is 0 Å². The summed E-state index contributed by atoms with van der Waals surface area (Å²) in [5.74, 6) is -0.335. The molecule has 1 amide bonds. The highest BCUT2D eigenvalue weighted by Gasteiger charge is 2.19. The Morgan fingerprint density at radius 2 is 2.05 bits per heavy atom. The molecule has 20 heavy (non-hydrogen) atoms. The minimum absolute atomic E-state index is 0.0192. The molecule has 0 saturated carbocycles. The summed E-state index contributed by atoms with van der Waals surface area (Å²) in [4.78, 5) is 25.3. The van der Waals surface area contributed by atoms with E-state index in [0.717, 1.165) is 5.69 Å². The van der Waals surface area contributed by atoms with Crippen molar-refractivity contribution in [2.45, 2.75) is 46.2 Å². The summed E-state index contributed by atoms with van der Waals surface area (Å²) in [6.45, 7) is 6.62. The second-order valence-electron chi connectivity index (χ2n) is 5.03. The molecule has 0 atom stereocenters. The Labute approximate surface area is 120 Å². The fraction of sp³-hybridized carbons (Fsp3) is 0.600. The number of amides is 1. The maximum absolute atomic E-state index is 12.2. The molecular weight excluding hydrogens is 256 g/mol. The topological polar surface area (TPSA) is 51.5 Å². The fourth-order valence-electron chi connectivity index (χ4n) is 1.98. The SMILES string of the molecule is CCOC(=O)CCC(=O)N(Cc1cccn1C)C(C)C. The number of hydrogen-bond acceptors (Lipinski definition) is 3. The Morgan fingerprint density at radius 1 is 1.35 bits per heavy atom. The molecule has 0 bridgehead atoms. The second kappa shape index (κ2) is 7.72. The standard InChI is InChI=1S/C15H24N2O3/c1-5-20-15(19)9-8-14(18)17(12(2)3)11-13-7-6-10-16(13)4/h6-7,10,12H,5,8-9,11H2,1-4H3. The molecule has 0 N–H and O–H groups in total. The zero-order chi connectivity index (χ0) is 15.1. The van der Waals surface area contributed by atoms with Crippen LogP contribution in [-0.2, 0) is 27.9 Å². The van der Waals surface area contributed by atoms with Crippen LogP contribution < -0.4 is 0 Å². The highest BCUT2D eigenvalue weighted by molar-refractivity contribution is 5.81. The number of rotatable bonds is 7. The summed E-state index contributed by atoms with van der Waals surface area (Å²) in [5.41, 5.74) is 1.07. The summed E-state index contributed by atoms with van der Waals surface area (Å²) in [7, 11) is 1.96. The van der Waals surface area contributed by atoms with Gasteiger partial charge in [-0.05, 0) is 32.9 Å². The lowest BCUT2D eigenvalue weighted by Crippen LogP contribution is -2.37. The Morgan fingerprint density at radius 3 is 2.55 bits per heavy atom. The van der Waals surface area contributed by atoms with Gasteiger partial charge in [0.2, 0.25) is 5.91 Å². The maximum atomic E-state index is 12.2. The van der Waals surface area contributed by atoms with E-state index in [4.69, 9.17) is 4.74 Å². The van der Waals surface area contributed by atoms with Crippen LogP contribution in [0.4, 0.5) is 0 Å². The Kier molecular flexibility index (Phi) is 6.28. The maximum Gasteiger partial charge on any atom is 0.306 e. The predicted molar refractivity (Wildman–Crippen MR) is 77.0 cm³/mol. The number of esters is 1. The van der Waals surface area contributed by atoms with Crippen molar-refractivity contribution in [3.63, 3.8) is 0 Å². The molecule has 1 aromatic rings. The van der Waals surface area contributed by atoms with E-state index in [1.54, 1.807) is 11.8 Å². The summed E-state index contributed by atoms with van der Waals surface area (Å²) >= 11 is 0. The van der Waals surface area contributed by atoms with Gasteiger partial charge in [-0.3, -0.25) is 9.59 Å². The highest BCUT2D eigenvalue weighted by atomic mass is 16.5. The lowest BCUT2D eigenvalue weighted by molar-refractivity contribution is -0.146. The van der Waals surface area contributed by atoms with Crippen LogP contribution in [-0.4, -0.2) is 34.0 Å². The average molecular weight is 280 g/mol. The van der Waals surface area contributed by atoms with Crippen molar-refractivity contribution in [3.05, 3.63) is 24.0 Å². The summed E-state index contributed by atoms with van der Waals surface area (Å²) in [6, 6.07) is 4.05. The van der Waals surface area contributed by atoms with E-state index >= 15 is 0 Å². The number of aryl methyl sites for hydroxylation is 1. The van der Waals surface area contributed by atoms with Gasteiger partial charge in [-0.1, -0.05) is 0 Å². The quantitative estimate of drug-likeness (QED) is 0.719. The number of hydrogen-bond donors (Lipinski definition) is 0. The van der Waals surface area contributed by atoms with Gasteiger partial charge in [0, 0.05) is 31.4 Å². The molecule has 5 nitrogen and oxygen atoms in total. The normalized spacial score (nSPS) is 10.7. The van der Waals surface area contributed by atoms with Crippen LogP contribution >= 0.6 is 0 Å². The van der Waals surface area contributed by atoms with E-state index in [9.17, 15) is 9.59 Å². The minimum atomic E-state index is -0.316. The largest absolute Gasteiger partial charge is 0.466 e. The van der Waals surface area contributed by atoms with E-state index in [1.165, 1.54) is 0 Å². The van der Waals surface area contributed by atoms with E-state index < -0.39 is 0 Å². The molecule has 112 valence electrons. The number of carbonyl (C=O) groups excluding carboxylic acids is 2. The molecule has 1 aromatic heterocycles. The van der Waals surface area contributed by atoms with Gasteiger partial charge in [0.15, 0.2) is 0 Å². The van der Waals surface area contributed by atoms with Gasteiger partial charge in [0.05, 0.1) is 19.6 Å². The highest BCUT2D eigenvalue weighted by Crippen LogP contribution is 2.11. The third-order valence-corrected chi connectivity index (χ3v) is 3.18. The molecule has 0 unspecified atom stereocenters. The van der Waals surface area contributed by atoms with Gasteiger partial charge in [0.25, 0.3) is 0 Å². The van der Waals surface area contributed by atoms with Gasteiger partial charge >= 0.3 is 5.97 Å². The van der Waals surface area contributed by atoms with Crippen molar-refractivity contribution < 1.29 is 14.3 Å². The molecule has 0 aliphatic carbocycles. The molecule has 1 heterocycles. The van der Waals surface area contributed by atoms with Crippen LogP contribution in [0.5, 0.6) is 0 Å². The molecule has 1 rings (SSSR count). The third kappa shape index (κ3) is 4.72. The molecule has 5 heteroatoms. The fourth-order valence-corrected chi connectivity index (χ4v) is 1.98. The molecular formula is C15H24N2O3. The summed E-state index contributed by atoms with van der Waals surface area (Å²) in [5, 5.41) is 0. The van der Waals surface area contributed by atoms with E-state index in [-0.39, 0.29) is 30.8 Å². The molecule has 0 spiro atoms. The van der Waals surface area contributed by atoms with Crippen LogP contribution in [0.25, 0.3) is 0 Å². The lowest BCUT2D eigenvalue weighted by Gasteiger charge is -2.27. The Hall–Kier alpha value is -1.78. The first kappa shape index (κ1) is 16.3. The molecule has 0 aromatic carbocycles. The number of nitrogens with zero attached hydrogens (tertiary/aromatic N) is 2. The lowest BCUT2D eigenvalue weighted by atomic mass is 10.2. The van der Waals surface area contributed by atoms with Gasteiger partial charge in [0.1, 0.15) is 0 Å². The first-order chi connectivity index (χ1) is 9.45. The van der Waals surface area contributed by atoms with Gasteiger partial charge in [-0.15, -0.1) is 0 Å². The van der Waals surface area contributed by atoms with Crippen LogP contribution in [0.2, 0.25) is 0 Å². The summed E-state index contributed by atoms with van der Waals surface area (Å²) < 4.78 is 6.84.